The van der Waals surface area contributed by atoms with Crippen LogP contribution in [-0.4, -0.2) is 80.5 Å². The molecule has 1 atom stereocenters. The van der Waals surface area contributed by atoms with Crippen molar-refractivity contribution in [3.8, 4) is 0 Å². The zero-order valence-electron chi connectivity index (χ0n) is 20.5. The summed E-state index contributed by atoms with van der Waals surface area (Å²) in [6.45, 7) is 0.834. The summed E-state index contributed by atoms with van der Waals surface area (Å²) in [5.74, 6) is -1.55. The number of imidazole rings is 1. The van der Waals surface area contributed by atoms with E-state index in [0.29, 0.717) is 23.5 Å². The number of alkyl carbamates (subject to hydrolysis) is 1. The first kappa shape index (κ1) is 26.1. The highest BCUT2D eigenvalue weighted by Gasteiger charge is 2.36. The Morgan fingerprint density at radius 1 is 1.16 bits per heavy atom. The Morgan fingerprint density at radius 2 is 1.95 bits per heavy atom. The lowest BCUT2D eigenvalue weighted by atomic mass is 10.2. The Labute approximate surface area is 216 Å². The van der Waals surface area contributed by atoms with E-state index < -0.39 is 42.5 Å². The second-order valence-electron chi connectivity index (χ2n) is 8.66. The van der Waals surface area contributed by atoms with Crippen molar-refractivity contribution in [2.75, 3.05) is 25.0 Å². The number of aromatic nitrogens is 2. The molecule has 1 aromatic heterocycles. The van der Waals surface area contributed by atoms with Crippen molar-refractivity contribution in [3.05, 3.63) is 59.9 Å². The van der Waals surface area contributed by atoms with Gasteiger partial charge in [0.25, 0.3) is 5.91 Å². The number of aliphatic carboxylic acids is 1. The maximum Gasteiger partial charge on any atom is 0.408 e. The number of nitrogens with one attached hydrogen (secondary N) is 3. The number of carboxylic acids is 1. The number of fused-ring (bicyclic) bond motifs is 1. The number of benzene rings is 2. The van der Waals surface area contributed by atoms with Crippen molar-refractivity contribution in [2.45, 2.75) is 26.0 Å². The van der Waals surface area contributed by atoms with E-state index in [1.807, 2.05) is 24.3 Å². The number of hydrogen-bond acceptors (Lipinski definition) is 7. The summed E-state index contributed by atoms with van der Waals surface area (Å²) in [5, 5.41) is 13.6. The number of imide groups is 1. The molecule has 1 unspecified atom stereocenters. The Bertz CT molecular complexity index is 1350. The summed E-state index contributed by atoms with van der Waals surface area (Å²) < 4.78 is 4.99. The monoisotopic (exact) mass is 522 g/mol. The third-order valence-corrected chi connectivity index (χ3v) is 5.77. The van der Waals surface area contributed by atoms with Crippen molar-refractivity contribution in [2.24, 2.45) is 0 Å². The van der Waals surface area contributed by atoms with Gasteiger partial charge in [0.15, 0.2) is 0 Å². The van der Waals surface area contributed by atoms with E-state index in [-0.39, 0.29) is 19.7 Å². The molecule has 0 spiro atoms. The smallest absolute Gasteiger partial charge is 0.408 e. The molecule has 1 aliphatic heterocycles. The molecule has 0 radical (unpaired) electrons. The molecule has 1 aliphatic rings. The SMILES string of the molecule is CC(NC(=O)OCc1cccc(NC(=O)CN2C(=O)CN(CCc3nc4ccccc4[nH]3)C2=O)c1)C(=O)O. The molecule has 38 heavy (non-hydrogen) atoms. The van der Waals surface area contributed by atoms with Gasteiger partial charge in [0.2, 0.25) is 5.91 Å². The Kier molecular flexibility index (Phi) is 7.85. The Morgan fingerprint density at radius 3 is 2.71 bits per heavy atom. The number of carboxylic acid groups (broad SMARTS) is 1. The van der Waals surface area contributed by atoms with Crippen LogP contribution >= 0.6 is 0 Å². The van der Waals surface area contributed by atoms with Gasteiger partial charge in [-0.15, -0.1) is 0 Å². The van der Waals surface area contributed by atoms with Crippen LogP contribution in [0.4, 0.5) is 15.3 Å². The van der Waals surface area contributed by atoms with Crippen LogP contribution in [-0.2, 0) is 32.1 Å². The van der Waals surface area contributed by atoms with Crippen LogP contribution in [0.25, 0.3) is 11.0 Å². The van der Waals surface area contributed by atoms with Gasteiger partial charge in [-0.2, -0.15) is 0 Å². The molecule has 2 aromatic carbocycles. The number of carbonyl (C=O) groups is 5. The molecule has 13 heteroatoms. The fourth-order valence-corrected chi connectivity index (χ4v) is 3.80. The average Bonchev–Trinajstić information content (AvgIpc) is 3.42. The highest BCUT2D eigenvalue weighted by molar-refractivity contribution is 6.06. The molecule has 1 fully saturated rings. The van der Waals surface area contributed by atoms with Crippen LogP contribution in [0.1, 0.15) is 18.3 Å². The third kappa shape index (κ3) is 6.43. The van der Waals surface area contributed by atoms with Crippen molar-refractivity contribution in [1.82, 2.24) is 25.1 Å². The predicted molar refractivity (Wildman–Crippen MR) is 134 cm³/mol. The minimum atomic E-state index is -1.20. The number of nitrogens with zero attached hydrogens (tertiary/aromatic N) is 3. The third-order valence-electron chi connectivity index (χ3n) is 5.77. The lowest BCUT2D eigenvalue weighted by Crippen LogP contribution is -2.39. The Balaban J connectivity index is 1.26. The topological polar surface area (TPSA) is 174 Å². The predicted octanol–water partition coefficient (Wildman–Crippen LogP) is 1.71. The van der Waals surface area contributed by atoms with E-state index in [2.05, 4.69) is 20.6 Å². The van der Waals surface area contributed by atoms with Crippen molar-refractivity contribution in [1.29, 1.82) is 0 Å². The van der Waals surface area contributed by atoms with Gasteiger partial charge < -0.3 is 30.4 Å². The zero-order chi connectivity index (χ0) is 27.2. The Hall–Kier alpha value is -4.94. The van der Waals surface area contributed by atoms with Crippen molar-refractivity contribution < 1.29 is 33.8 Å². The van der Waals surface area contributed by atoms with Crippen LogP contribution < -0.4 is 10.6 Å². The molecule has 0 aliphatic carbocycles. The van der Waals surface area contributed by atoms with Gasteiger partial charge in [-0.1, -0.05) is 24.3 Å². The number of ether oxygens (including phenoxy) is 1. The summed E-state index contributed by atoms with van der Waals surface area (Å²) in [6, 6.07) is 12.3. The number of carbonyl (C=O) groups excluding carboxylic acids is 4. The number of para-hydroxylation sites is 2. The van der Waals surface area contributed by atoms with Gasteiger partial charge in [-0.3, -0.25) is 19.3 Å². The second kappa shape index (κ2) is 11.4. The number of aromatic amines is 1. The summed E-state index contributed by atoms with van der Waals surface area (Å²) in [7, 11) is 0. The van der Waals surface area contributed by atoms with Crippen molar-refractivity contribution >= 4 is 46.6 Å². The van der Waals surface area contributed by atoms with Gasteiger partial charge in [-0.05, 0) is 36.8 Å². The number of H-pyrrole nitrogens is 1. The van der Waals surface area contributed by atoms with E-state index in [1.54, 1.807) is 24.3 Å². The molecular weight excluding hydrogens is 496 g/mol. The van der Waals surface area contributed by atoms with Crippen LogP contribution in [0.15, 0.2) is 48.5 Å². The molecule has 0 saturated carbocycles. The number of urea groups is 1. The largest absolute Gasteiger partial charge is 0.480 e. The lowest BCUT2D eigenvalue weighted by molar-refractivity contribution is -0.138. The van der Waals surface area contributed by atoms with Gasteiger partial charge in [0, 0.05) is 18.7 Å². The minimum absolute atomic E-state index is 0.123. The molecule has 4 N–H and O–H groups in total. The maximum atomic E-state index is 12.7. The second-order valence-corrected chi connectivity index (χ2v) is 8.66. The maximum absolute atomic E-state index is 12.7. The van der Waals surface area contributed by atoms with Crippen LogP contribution in [0, 0.1) is 0 Å². The molecule has 198 valence electrons. The van der Waals surface area contributed by atoms with E-state index in [4.69, 9.17) is 9.84 Å². The number of amides is 5. The highest BCUT2D eigenvalue weighted by Crippen LogP contribution is 2.15. The van der Waals surface area contributed by atoms with E-state index >= 15 is 0 Å². The van der Waals surface area contributed by atoms with E-state index in [1.165, 1.54) is 11.8 Å². The molecule has 1 saturated heterocycles. The zero-order valence-corrected chi connectivity index (χ0v) is 20.5. The summed E-state index contributed by atoms with van der Waals surface area (Å²) in [4.78, 5) is 70.2. The fourth-order valence-electron chi connectivity index (χ4n) is 3.80. The van der Waals surface area contributed by atoms with Gasteiger partial charge in [-0.25, -0.2) is 14.6 Å². The molecule has 13 nitrogen and oxygen atoms in total. The molecule has 3 aromatic rings. The standard InChI is InChI=1S/C25H26N6O7/c1-15(23(34)35)26-24(36)38-14-16-5-4-6-17(11-16)27-21(32)12-31-22(33)13-30(25(31)37)10-9-20-28-18-7-2-3-8-19(18)29-20/h2-8,11,15H,9-10,12-14H2,1H3,(H,26,36)(H,27,32)(H,28,29)(H,34,35). The molecule has 0 bridgehead atoms. The van der Waals surface area contributed by atoms with Gasteiger partial charge >= 0.3 is 18.1 Å². The number of anilines is 1. The van der Waals surface area contributed by atoms with E-state index in [9.17, 15) is 24.0 Å². The lowest BCUT2D eigenvalue weighted by Gasteiger charge is -2.16. The number of hydrogen-bond donors (Lipinski definition) is 4. The quantitative estimate of drug-likeness (QED) is 0.291. The number of rotatable bonds is 10. The van der Waals surface area contributed by atoms with Crippen LogP contribution in [0.3, 0.4) is 0 Å². The van der Waals surface area contributed by atoms with Gasteiger partial charge in [0.1, 0.15) is 31.6 Å². The first-order chi connectivity index (χ1) is 18.2. The first-order valence-electron chi connectivity index (χ1n) is 11.8. The molecule has 5 amide bonds. The first-order valence-corrected chi connectivity index (χ1v) is 11.8. The average molecular weight is 523 g/mol. The van der Waals surface area contributed by atoms with E-state index in [0.717, 1.165) is 15.9 Å². The molecular formula is C25H26N6O7. The summed E-state index contributed by atoms with van der Waals surface area (Å²) >= 11 is 0. The fraction of sp³-hybridized carbons (Fsp3) is 0.280. The van der Waals surface area contributed by atoms with Crippen molar-refractivity contribution in [3.63, 3.8) is 0 Å². The highest BCUT2D eigenvalue weighted by atomic mass is 16.5. The summed E-state index contributed by atoms with van der Waals surface area (Å²) in [5.41, 5.74) is 2.61. The van der Waals surface area contributed by atoms with Crippen LogP contribution in [0.2, 0.25) is 0 Å². The van der Waals surface area contributed by atoms with Crippen LogP contribution in [0.5, 0.6) is 0 Å². The van der Waals surface area contributed by atoms with Gasteiger partial charge in [0.05, 0.1) is 11.0 Å². The molecule has 4 rings (SSSR count). The molecule has 2 heterocycles. The minimum Gasteiger partial charge on any atom is -0.480 e. The summed E-state index contributed by atoms with van der Waals surface area (Å²) in [6.07, 6.45) is -0.471. The normalized spacial score (nSPS) is 14.0.